The number of rotatable bonds is 3. The fourth-order valence-electron chi connectivity index (χ4n) is 3.17. The molecular formula is C20H18ClN5O2. The molecule has 2 N–H and O–H groups in total. The number of hydrogen-bond donors (Lipinski definition) is 1. The first-order valence-electron chi connectivity index (χ1n) is 8.83. The summed E-state index contributed by atoms with van der Waals surface area (Å²) >= 11 is 6.44. The summed E-state index contributed by atoms with van der Waals surface area (Å²) < 4.78 is 0. The maximum Gasteiger partial charge on any atom is 0.278 e. The summed E-state index contributed by atoms with van der Waals surface area (Å²) in [6, 6.07) is 8.87. The average Bonchev–Trinajstić information content (AvgIpc) is 3.23. The minimum absolute atomic E-state index is 0.240. The average molecular weight is 396 g/mol. The molecule has 2 aromatic heterocycles. The van der Waals surface area contributed by atoms with Gasteiger partial charge in [0, 0.05) is 28.6 Å². The molecule has 142 valence electrons. The Balaban J connectivity index is 1.76. The van der Waals surface area contributed by atoms with E-state index in [1.807, 2.05) is 19.1 Å². The van der Waals surface area contributed by atoms with Crippen LogP contribution in [-0.4, -0.2) is 39.1 Å². The van der Waals surface area contributed by atoms with Crippen molar-refractivity contribution in [2.45, 2.75) is 13.3 Å². The first-order chi connectivity index (χ1) is 13.5. The van der Waals surface area contributed by atoms with Crippen molar-refractivity contribution < 1.29 is 9.63 Å². The van der Waals surface area contributed by atoms with Crippen molar-refractivity contribution >= 4 is 23.3 Å². The van der Waals surface area contributed by atoms with E-state index in [0.717, 1.165) is 28.8 Å². The van der Waals surface area contributed by atoms with Gasteiger partial charge in [-0.1, -0.05) is 17.7 Å². The number of carbonyl (C=O) groups excluding carboxylic acids is 1. The van der Waals surface area contributed by atoms with E-state index in [0.29, 0.717) is 35.2 Å². The smallest absolute Gasteiger partial charge is 0.278 e. The molecule has 8 heteroatoms. The van der Waals surface area contributed by atoms with Gasteiger partial charge in [-0.3, -0.25) is 9.63 Å². The van der Waals surface area contributed by atoms with Gasteiger partial charge in [-0.2, -0.15) is 0 Å². The molecule has 0 spiro atoms. The summed E-state index contributed by atoms with van der Waals surface area (Å²) in [6.45, 7) is 3.01. The highest BCUT2D eigenvalue weighted by Crippen LogP contribution is 2.34. The van der Waals surface area contributed by atoms with Crippen molar-refractivity contribution in [1.82, 2.24) is 20.0 Å². The number of nitrogens with two attached hydrogens (primary N) is 1. The van der Waals surface area contributed by atoms with Crippen LogP contribution in [-0.2, 0) is 4.84 Å². The van der Waals surface area contributed by atoms with Crippen LogP contribution in [0.5, 0.6) is 0 Å². The number of anilines is 1. The molecule has 1 aliphatic heterocycles. The Hall–Kier alpha value is -3.03. The van der Waals surface area contributed by atoms with Crippen LogP contribution < -0.4 is 5.73 Å². The highest BCUT2D eigenvalue weighted by molar-refractivity contribution is 6.34. The van der Waals surface area contributed by atoms with E-state index in [1.54, 1.807) is 24.4 Å². The minimum atomic E-state index is -0.240. The van der Waals surface area contributed by atoms with Crippen molar-refractivity contribution in [3.63, 3.8) is 0 Å². The molecule has 0 saturated carbocycles. The van der Waals surface area contributed by atoms with Gasteiger partial charge in [0.2, 0.25) is 0 Å². The highest BCUT2D eigenvalue weighted by atomic mass is 35.5. The van der Waals surface area contributed by atoms with Crippen LogP contribution in [0.25, 0.3) is 22.4 Å². The fraction of sp³-hybridized carbons (Fsp3) is 0.200. The van der Waals surface area contributed by atoms with Crippen LogP contribution in [0.3, 0.4) is 0 Å². The third-order valence-electron chi connectivity index (χ3n) is 4.56. The normalized spacial score (nSPS) is 13.7. The molecule has 4 rings (SSSR count). The van der Waals surface area contributed by atoms with Gasteiger partial charge < -0.3 is 5.73 Å². The van der Waals surface area contributed by atoms with Crippen LogP contribution in [0.15, 0.2) is 42.9 Å². The zero-order chi connectivity index (χ0) is 19.7. The predicted octanol–water partition coefficient (Wildman–Crippen LogP) is 3.53. The fourth-order valence-corrected chi connectivity index (χ4v) is 3.43. The molecule has 0 atom stereocenters. The Bertz CT molecular complexity index is 1030. The van der Waals surface area contributed by atoms with Crippen LogP contribution in [0.1, 0.15) is 22.5 Å². The molecule has 1 aromatic carbocycles. The lowest BCUT2D eigenvalue weighted by Crippen LogP contribution is -2.26. The van der Waals surface area contributed by atoms with Gasteiger partial charge >= 0.3 is 0 Å². The quantitative estimate of drug-likeness (QED) is 0.729. The zero-order valence-corrected chi connectivity index (χ0v) is 16.0. The van der Waals surface area contributed by atoms with E-state index in [9.17, 15) is 4.79 Å². The van der Waals surface area contributed by atoms with Crippen molar-refractivity contribution in [2.24, 2.45) is 0 Å². The monoisotopic (exact) mass is 395 g/mol. The molecule has 0 radical (unpaired) electrons. The molecule has 0 unspecified atom stereocenters. The largest absolute Gasteiger partial charge is 0.384 e. The number of hydroxylamine groups is 2. The van der Waals surface area contributed by atoms with E-state index in [1.165, 1.54) is 11.4 Å². The number of carbonyl (C=O) groups is 1. The lowest BCUT2D eigenvalue weighted by Gasteiger charge is -2.16. The van der Waals surface area contributed by atoms with Gasteiger partial charge in [0.1, 0.15) is 12.1 Å². The molecule has 0 aliphatic carbocycles. The number of pyridine rings is 1. The molecule has 28 heavy (non-hydrogen) atoms. The van der Waals surface area contributed by atoms with Gasteiger partial charge in [-0.25, -0.2) is 20.0 Å². The molecule has 1 fully saturated rings. The van der Waals surface area contributed by atoms with Gasteiger partial charge in [0.25, 0.3) is 5.91 Å². The number of nitrogen functional groups attached to an aromatic ring is 1. The lowest BCUT2D eigenvalue weighted by molar-refractivity contribution is -0.0768. The second kappa shape index (κ2) is 7.53. The van der Waals surface area contributed by atoms with Crippen LogP contribution in [0.2, 0.25) is 5.02 Å². The van der Waals surface area contributed by atoms with E-state index < -0.39 is 0 Å². The molecule has 1 saturated heterocycles. The summed E-state index contributed by atoms with van der Waals surface area (Å²) in [7, 11) is 0. The van der Waals surface area contributed by atoms with Crippen LogP contribution in [0, 0.1) is 6.92 Å². The zero-order valence-electron chi connectivity index (χ0n) is 15.2. The topological polar surface area (TPSA) is 94.2 Å². The van der Waals surface area contributed by atoms with Crippen LogP contribution in [0.4, 0.5) is 5.82 Å². The summed E-state index contributed by atoms with van der Waals surface area (Å²) in [5.74, 6) is 0.200. The van der Waals surface area contributed by atoms with Crippen molar-refractivity contribution in [3.8, 4) is 22.4 Å². The summed E-state index contributed by atoms with van der Waals surface area (Å²) in [5, 5.41) is 1.69. The summed E-state index contributed by atoms with van der Waals surface area (Å²) in [6.07, 6.45) is 4.01. The second-order valence-electron chi connectivity index (χ2n) is 6.44. The number of nitrogens with zero attached hydrogens (tertiary/aromatic N) is 4. The molecule has 3 heterocycles. The van der Waals surface area contributed by atoms with Gasteiger partial charge in [0.05, 0.1) is 29.4 Å². The minimum Gasteiger partial charge on any atom is -0.384 e. The van der Waals surface area contributed by atoms with Crippen molar-refractivity contribution in [3.05, 3.63) is 59.1 Å². The van der Waals surface area contributed by atoms with E-state index >= 15 is 0 Å². The SMILES string of the molecule is Cc1ncnc(-c2ccc(C(=O)N3CCCO3)c(Cl)c2)c1-c1ccc(N)nc1. The molecule has 0 bridgehead atoms. The van der Waals surface area contributed by atoms with E-state index in [-0.39, 0.29) is 5.91 Å². The standard InChI is InChI=1S/C20H18ClN5O2/c1-12-18(14-4-6-17(22)23-10-14)19(25-11-24-12)13-3-5-15(16(21)9-13)20(27)26-7-2-8-28-26/h3-6,9-11H,2,7-8H2,1H3,(H2,22,23). The Labute approximate surface area is 167 Å². The third-order valence-corrected chi connectivity index (χ3v) is 4.88. The number of aromatic nitrogens is 3. The number of aryl methyl sites for hydroxylation is 1. The second-order valence-corrected chi connectivity index (χ2v) is 6.85. The number of amides is 1. The Kier molecular flexibility index (Phi) is 4.93. The van der Waals surface area contributed by atoms with E-state index in [4.69, 9.17) is 22.2 Å². The predicted molar refractivity (Wildman–Crippen MR) is 106 cm³/mol. The lowest BCUT2D eigenvalue weighted by atomic mass is 9.98. The molecule has 1 aliphatic rings. The summed E-state index contributed by atoms with van der Waals surface area (Å²) in [5.41, 5.74) is 10.1. The van der Waals surface area contributed by atoms with Crippen molar-refractivity contribution in [2.75, 3.05) is 18.9 Å². The molecule has 7 nitrogen and oxygen atoms in total. The molecule has 3 aromatic rings. The Morgan fingerprint density at radius 3 is 2.68 bits per heavy atom. The Morgan fingerprint density at radius 1 is 1.18 bits per heavy atom. The van der Waals surface area contributed by atoms with E-state index in [2.05, 4.69) is 15.0 Å². The Morgan fingerprint density at radius 2 is 2.00 bits per heavy atom. The first-order valence-corrected chi connectivity index (χ1v) is 9.20. The maximum atomic E-state index is 12.6. The van der Waals surface area contributed by atoms with Gasteiger partial charge in [-0.05, 0) is 37.6 Å². The van der Waals surface area contributed by atoms with Gasteiger partial charge in [0.15, 0.2) is 0 Å². The van der Waals surface area contributed by atoms with Crippen LogP contribution >= 0.6 is 11.6 Å². The number of hydrogen-bond acceptors (Lipinski definition) is 6. The third kappa shape index (κ3) is 3.42. The van der Waals surface area contributed by atoms with Gasteiger partial charge in [-0.15, -0.1) is 0 Å². The summed E-state index contributed by atoms with van der Waals surface area (Å²) in [4.78, 5) is 30.8. The molecular weight excluding hydrogens is 378 g/mol. The first kappa shape index (κ1) is 18.3. The number of benzene rings is 1. The maximum absolute atomic E-state index is 12.6. The number of halogens is 1. The molecule has 1 amide bonds. The highest BCUT2D eigenvalue weighted by Gasteiger charge is 2.23. The van der Waals surface area contributed by atoms with Crippen molar-refractivity contribution in [1.29, 1.82) is 0 Å².